The van der Waals surface area contributed by atoms with Gasteiger partial charge in [-0.1, -0.05) is 0 Å². The molecule has 0 spiro atoms. The summed E-state index contributed by atoms with van der Waals surface area (Å²) in [5.74, 6) is -1.01. The van der Waals surface area contributed by atoms with Crippen LogP contribution in [0.1, 0.15) is 5.56 Å². The van der Waals surface area contributed by atoms with E-state index in [1.807, 2.05) is 0 Å². The topological polar surface area (TPSA) is 65.4 Å². The van der Waals surface area contributed by atoms with E-state index in [4.69, 9.17) is 0 Å². The van der Waals surface area contributed by atoms with E-state index in [0.29, 0.717) is 5.82 Å². The number of anilines is 1. The molecule has 0 bridgehead atoms. The number of ether oxygens (including phenoxy) is 2. The van der Waals surface area contributed by atoms with Crippen LogP contribution in [0.4, 0.5) is 23.4 Å². The lowest BCUT2D eigenvalue weighted by Crippen LogP contribution is -2.09. The van der Waals surface area contributed by atoms with Crippen LogP contribution in [0.15, 0.2) is 36.5 Å². The van der Waals surface area contributed by atoms with E-state index >= 15 is 0 Å². The third kappa shape index (κ3) is 5.83. The van der Waals surface area contributed by atoms with Crippen molar-refractivity contribution < 1.29 is 31.8 Å². The molecule has 25 heavy (non-hydrogen) atoms. The molecule has 0 aliphatic carbocycles. The number of rotatable bonds is 7. The van der Waals surface area contributed by atoms with Gasteiger partial charge in [-0.3, -0.25) is 9.48 Å². The third-order valence-corrected chi connectivity index (χ3v) is 2.81. The number of benzene rings is 1. The number of nitrogens with zero attached hydrogens (tertiary/aromatic N) is 2. The average molecular weight is 359 g/mol. The minimum absolute atomic E-state index is 0.0816. The van der Waals surface area contributed by atoms with Crippen molar-refractivity contribution in [3.63, 3.8) is 0 Å². The van der Waals surface area contributed by atoms with E-state index in [1.165, 1.54) is 16.8 Å². The molecule has 6 nitrogen and oxygen atoms in total. The number of carbonyl (C=O) groups is 1. The molecule has 0 aliphatic heterocycles. The molecule has 134 valence electrons. The van der Waals surface area contributed by atoms with Crippen LogP contribution in [0.25, 0.3) is 6.08 Å². The first-order chi connectivity index (χ1) is 11.8. The smallest absolute Gasteiger partial charge is 0.387 e. The van der Waals surface area contributed by atoms with Gasteiger partial charge in [0, 0.05) is 37.0 Å². The predicted molar refractivity (Wildman–Crippen MR) is 80.6 cm³/mol. The summed E-state index contributed by atoms with van der Waals surface area (Å²) in [6.07, 6.45) is 3.88. The van der Waals surface area contributed by atoms with Gasteiger partial charge in [-0.15, -0.1) is 0 Å². The van der Waals surface area contributed by atoms with Crippen molar-refractivity contribution in [2.24, 2.45) is 7.05 Å². The van der Waals surface area contributed by atoms with Gasteiger partial charge in [-0.05, 0) is 18.2 Å². The quantitative estimate of drug-likeness (QED) is 0.609. The fraction of sp³-hybridized carbons (Fsp3) is 0.200. The molecular formula is C15H13F4N3O3. The van der Waals surface area contributed by atoms with E-state index < -0.39 is 24.9 Å². The maximum absolute atomic E-state index is 12.5. The van der Waals surface area contributed by atoms with E-state index in [1.54, 1.807) is 19.3 Å². The van der Waals surface area contributed by atoms with Crippen molar-refractivity contribution in [1.29, 1.82) is 0 Å². The number of alkyl halides is 4. The Kier molecular flexibility index (Phi) is 5.98. The van der Waals surface area contributed by atoms with Gasteiger partial charge in [-0.25, -0.2) is 0 Å². The minimum atomic E-state index is -3.17. The molecule has 1 N–H and O–H groups in total. The highest BCUT2D eigenvalue weighted by Gasteiger charge is 2.12. The van der Waals surface area contributed by atoms with Crippen LogP contribution in [0.3, 0.4) is 0 Å². The Hall–Kier alpha value is -3.04. The summed E-state index contributed by atoms with van der Waals surface area (Å²) in [7, 11) is 1.67. The van der Waals surface area contributed by atoms with Crippen LogP contribution in [0, 0.1) is 0 Å². The summed E-state index contributed by atoms with van der Waals surface area (Å²) >= 11 is 0. The SMILES string of the molecule is Cn1ccc(NC(=O)/C=C/c2ccc(OC(F)F)cc2OC(F)F)n1. The summed E-state index contributed by atoms with van der Waals surface area (Å²) < 4.78 is 59.2. The Morgan fingerprint density at radius 1 is 1.20 bits per heavy atom. The maximum Gasteiger partial charge on any atom is 0.387 e. The van der Waals surface area contributed by atoms with Crippen LogP contribution >= 0.6 is 0 Å². The van der Waals surface area contributed by atoms with Gasteiger partial charge in [0.25, 0.3) is 0 Å². The summed E-state index contributed by atoms with van der Waals surface area (Å²) in [4.78, 5) is 11.8. The predicted octanol–water partition coefficient (Wildman–Crippen LogP) is 3.27. The second-order valence-corrected chi connectivity index (χ2v) is 4.65. The molecule has 0 saturated carbocycles. The second-order valence-electron chi connectivity index (χ2n) is 4.65. The van der Waals surface area contributed by atoms with E-state index in [9.17, 15) is 22.4 Å². The Balaban J connectivity index is 2.14. The van der Waals surface area contributed by atoms with Crippen LogP contribution in [-0.2, 0) is 11.8 Å². The fourth-order valence-electron chi connectivity index (χ4n) is 1.84. The number of halogens is 4. The number of aromatic nitrogens is 2. The molecule has 1 aromatic carbocycles. The molecule has 2 aromatic rings. The minimum Gasteiger partial charge on any atom is -0.435 e. The zero-order valence-corrected chi connectivity index (χ0v) is 12.8. The Morgan fingerprint density at radius 2 is 1.92 bits per heavy atom. The lowest BCUT2D eigenvalue weighted by molar-refractivity contribution is -0.111. The number of carbonyl (C=O) groups excluding carboxylic acids is 1. The second kappa shape index (κ2) is 8.18. The van der Waals surface area contributed by atoms with Gasteiger partial charge in [0.1, 0.15) is 11.5 Å². The Labute approximate surface area is 139 Å². The molecule has 0 aliphatic rings. The summed E-state index contributed by atoms with van der Waals surface area (Å²) in [5.41, 5.74) is 0.0816. The van der Waals surface area contributed by atoms with Crippen molar-refractivity contribution in [3.05, 3.63) is 42.1 Å². The summed E-state index contributed by atoms with van der Waals surface area (Å²) in [5, 5.41) is 6.40. The standard InChI is InChI=1S/C15H13F4N3O3/c1-22-7-6-12(21-22)20-13(23)5-3-9-2-4-10(24-14(16)17)8-11(9)25-15(18)19/h2-8,14-15H,1H3,(H,20,21,23)/b5-3+. The molecule has 1 heterocycles. The fourth-order valence-corrected chi connectivity index (χ4v) is 1.84. The number of amides is 1. The van der Waals surface area contributed by atoms with Crippen molar-refractivity contribution in [2.75, 3.05) is 5.32 Å². The number of hydrogen-bond acceptors (Lipinski definition) is 4. The number of aryl methyl sites for hydroxylation is 1. The van der Waals surface area contributed by atoms with Crippen LogP contribution in [0.5, 0.6) is 11.5 Å². The lowest BCUT2D eigenvalue weighted by Gasteiger charge is -2.11. The third-order valence-electron chi connectivity index (χ3n) is 2.81. The first-order valence-electron chi connectivity index (χ1n) is 6.86. The van der Waals surface area contributed by atoms with Gasteiger partial charge in [0.05, 0.1) is 0 Å². The highest BCUT2D eigenvalue weighted by Crippen LogP contribution is 2.28. The van der Waals surface area contributed by atoms with Crippen molar-refractivity contribution >= 4 is 17.8 Å². The summed E-state index contributed by atoms with van der Waals surface area (Å²) in [6, 6.07) is 4.79. The van der Waals surface area contributed by atoms with Crippen LogP contribution < -0.4 is 14.8 Å². The van der Waals surface area contributed by atoms with Crippen molar-refractivity contribution in [1.82, 2.24) is 9.78 Å². The number of nitrogens with one attached hydrogen (secondary N) is 1. The molecule has 0 fully saturated rings. The van der Waals surface area contributed by atoms with E-state index in [0.717, 1.165) is 18.2 Å². The molecular weight excluding hydrogens is 346 g/mol. The first kappa shape index (κ1) is 18.3. The summed E-state index contributed by atoms with van der Waals surface area (Å²) in [6.45, 7) is -6.28. The van der Waals surface area contributed by atoms with Crippen LogP contribution in [0.2, 0.25) is 0 Å². The number of hydrogen-bond donors (Lipinski definition) is 1. The van der Waals surface area contributed by atoms with Gasteiger partial charge >= 0.3 is 13.2 Å². The molecule has 0 atom stereocenters. The van der Waals surface area contributed by atoms with Crippen molar-refractivity contribution in [3.8, 4) is 11.5 Å². The largest absolute Gasteiger partial charge is 0.435 e. The average Bonchev–Trinajstić information content (AvgIpc) is 2.90. The van der Waals surface area contributed by atoms with Gasteiger partial charge in [-0.2, -0.15) is 22.7 Å². The molecule has 0 saturated heterocycles. The van der Waals surface area contributed by atoms with E-state index in [-0.39, 0.29) is 11.3 Å². The molecule has 2 rings (SSSR count). The van der Waals surface area contributed by atoms with E-state index in [2.05, 4.69) is 19.9 Å². The highest BCUT2D eigenvalue weighted by atomic mass is 19.3. The highest BCUT2D eigenvalue weighted by molar-refractivity contribution is 6.01. The lowest BCUT2D eigenvalue weighted by atomic mass is 10.1. The monoisotopic (exact) mass is 359 g/mol. The van der Waals surface area contributed by atoms with Gasteiger partial charge < -0.3 is 14.8 Å². The normalized spacial score (nSPS) is 11.3. The Morgan fingerprint density at radius 3 is 2.52 bits per heavy atom. The Bertz CT molecular complexity index is 762. The first-order valence-corrected chi connectivity index (χ1v) is 6.86. The molecule has 0 unspecified atom stereocenters. The van der Waals surface area contributed by atoms with Gasteiger partial charge in [0.2, 0.25) is 5.91 Å². The molecule has 10 heteroatoms. The zero-order valence-electron chi connectivity index (χ0n) is 12.8. The molecule has 1 amide bonds. The van der Waals surface area contributed by atoms with Crippen LogP contribution in [-0.4, -0.2) is 28.9 Å². The zero-order chi connectivity index (χ0) is 18.4. The van der Waals surface area contributed by atoms with Gasteiger partial charge in [0.15, 0.2) is 5.82 Å². The molecule has 0 radical (unpaired) electrons. The maximum atomic E-state index is 12.5. The van der Waals surface area contributed by atoms with Crippen molar-refractivity contribution in [2.45, 2.75) is 13.2 Å². The molecule has 1 aromatic heterocycles.